The Labute approximate surface area is 141 Å². The van der Waals surface area contributed by atoms with Gasteiger partial charge in [0.15, 0.2) is 5.82 Å². The molecular formula is C19H20N4O. The molecule has 1 amide bonds. The Morgan fingerprint density at radius 3 is 2.29 bits per heavy atom. The van der Waals surface area contributed by atoms with Crippen LogP contribution in [0.15, 0.2) is 48.5 Å². The zero-order valence-corrected chi connectivity index (χ0v) is 14.1. The largest absolute Gasteiger partial charge is 0.355 e. The van der Waals surface area contributed by atoms with Gasteiger partial charge in [-0.3, -0.25) is 4.79 Å². The number of nitrogens with one attached hydrogen (secondary N) is 1. The highest BCUT2D eigenvalue weighted by Crippen LogP contribution is 2.20. The number of para-hydroxylation sites is 2. The van der Waals surface area contributed by atoms with Crippen LogP contribution in [0.1, 0.15) is 21.6 Å². The number of hydrogen-bond donors (Lipinski definition) is 1. The average Bonchev–Trinajstić information content (AvgIpc) is 2.61. The van der Waals surface area contributed by atoms with E-state index >= 15 is 0 Å². The van der Waals surface area contributed by atoms with Crippen LogP contribution in [0.4, 0.5) is 5.82 Å². The lowest BCUT2D eigenvalue weighted by atomic mass is 10.1. The number of carbonyl (C=O) groups excluding carboxylic acids is 1. The second kappa shape index (κ2) is 6.66. The first-order valence-electron chi connectivity index (χ1n) is 7.84. The van der Waals surface area contributed by atoms with Crippen LogP contribution >= 0.6 is 0 Å². The second-order valence-electron chi connectivity index (χ2n) is 5.75. The molecule has 24 heavy (non-hydrogen) atoms. The molecule has 3 rings (SSSR count). The van der Waals surface area contributed by atoms with E-state index in [4.69, 9.17) is 4.98 Å². The summed E-state index contributed by atoms with van der Waals surface area (Å²) in [6, 6.07) is 15.5. The van der Waals surface area contributed by atoms with Gasteiger partial charge in [0.05, 0.1) is 16.7 Å². The Morgan fingerprint density at radius 2 is 1.67 bits per heavy atom. The van der Waals surface area contributed by atoms with E-state index in [2.05, 4.69) is 15.2 Å². The van der Waals surface area contributed by atoms with Crippen LogP contribution in [0.3, 0.4) is 0 Å². The van der Waals surface area contributed by atoms with Gasteiger partial charge >= 0.3 is 0 Å². The van der Waals surface area contributed by atoms with Crippen molar-refractivity contribution in [3.8, 4) is 0 Å². The van der Waals surface area contributed by atoms with Gasteiger partial charge in [-0.15, -0.1) is 0 Å². The first-order chi connectivity index (χ1) is 11.6. The molecule has 1 N–H and O–H groups in total. The molecule has 0 fully saturated rings. The first-order valence-corrected chi connectivity index (χ1v) is 7.84. The Morgan fingerprint density at radius 1 is 1.04 bits per heavy atom. The number of aryl methyl sites for hydroxylation is 1. The summed E-state index contributed by atoms with van der Waals surface area (Å²) in [6.07, 6.45) is 0. The summed E-state index contributed by atoms with van der Waals surface area (Å²) in [6.45, 7) is 2.67. The predicted molar refractivity (Wildman–Crippen MR) is 96.2 cm³/mol. The Bertz CT molecular complexity index is 874. The van der Waals surface area contributed by atoms with E-state index in [1.165, 1.54) is 0 Å². The lowest BCUT2D eigenvalue weighted by Crippen LogP contribution is -2.20. The minimum atomic E-state index is -0.0776. The summed E-state index contributed by atoms with van der Waals surface area (Å²) in [5.41, 5.74) is 4.46. The maximum atomic E-state index is 11.6. The molecule has 0 unspecified atom stereocenters. The van der Waals surface area contributed by atoms with Crippen molar-refractivity contribution in [2.24, 2.45) is 0 Å². The predicted octanol–water partition coefficient (Wildman–Crippen LogP) is 2.93. The summed E-state index contributed by atoms with van der Waals surface area (Å²) in [5, 5.41) is 2.62. The minimum absolute atomic E-state index is 0.0776. The highest BCUT2D eigenvalue weighted by molar-refractivity contribution is 5.93. The zero-order valence-electron chi connectivity index (χ0n) is 14.1. The lowest BCUT2D eigenvalue weighted by molar-refractivity contribution is 0.0963. The van der Waals surface area contributed by atoms with Crippen LogP contribution in [-0.2, 0) is 6.54 Å². The molecule has 1 heterocycles. The van der Waals surface area contributed by atoms with E-state index in [-0.39, 0.29) is 5.91 Å². The van der Waals surface area contributed by atoms with Crippen molar-refractivity contribution in [3.05, 3.63) is 65.4 Å². The summed E-state index contributed by atoms with van der Waals surface area (Å²) in [4.78, 5) is 23.0. The number of nitrogens with zero attached hydrogens (tertiary/aromatic N) is 3. The van der Waals surface area contributed by atoms with Crippen molar-refractivity contribution in [2.45, 2.75) is 13.5 Å². The molecule has 0 aliphatic heterocycles. The van der Waals surface area contributed by atoms with Gasteiger partial charge in [0, 0.05) is 26.2 Å². The third-order valence-electron chi connectivity index (χ3n) is 3.94. The summed E-state index contributed by atoms with van der Waals surface area (Å²) in [7, 11) is 3.63. The molecule has 3 aromatic rings. The van der Waals surface area contributed by atoms with Gasteiger partial charge in [-0.2, -0.15) is 0 Å². The van der Waals surface area contributed by atoms with E-state index in [0.717, 1.165) is 28.1 Å². The molecule has 2 aromatic carbocycles. The SMILES string of the molecule is CNC(=O)c1ccc(CN(C)c2nc3ccccc3nc2C)cc1. The molecule has 122 valence electrons. The van der Waals surface area contributed by atoms with Crippen LogP contribution in [0.2, 0.25) is 0 Å². The first kappa shape index (κ1) is 15.9. The molecule has 0 saturated carbocycles. The lowest BCUT2D eigenvalue weighted by Gasteiger charge is -2.20. The third kappa shape index (κ3) is 3.20. The maximum Gasteiger partial charge on any atom is 0.251 e. The average molecular weight is 320 g/mol. The highest BCUT2D eigenvalue weighted by Gasteiger charge is 2.11. The standard InChI is InChI=1S/C19H20N4O/c1-13-18(22-17-7-5-4-6-16(17)21-13)23(3)12-14-8-10-15(11-9-14)19(24)20-2/h4-11H,12H2,1-3H3,(H,20,24). The number of amides is 1. The van der Waals surface area contributed by atoms with Crippen LogP contribution < -0.4 is 10.2 Å². The molecule has 0 aliphatic rings. The Hall–Kier alpha value is -2.95. The van der Waals surface area contributed by atoms with Crippen LogP contribution in [0, 0.1) is 6.92 Å². The Kier molecular flexibility index (Phi) is 4.42. The van der Waals surface area contributed by atoms with Gasteiger partial charge in [-0.1, -0.05) is 24.3 Å². The molecule has 0 bridgehead atoms. The molecule has 0 atom stereocenters. The number of anilines is 1. The molecule has 0 aliphatic carbocycles. The smallest absolute Gasteiger partial charge is 0.251 e. The van der Waals surface area contributed by atoms with Crippen LogP contribution in [0.25, 0.3) is 11.0 Å². The number of hydrogen-bond acceptors (Lipinski definition) is 4. The maximum absolute atomic E-state index is 11.6. The number of aromatic nitrogens is 2. The quantitative estimate of drug-likeness (QED) is 0.803. The van der Waals surface area contributed by atoms with Crippen molar-refractivity contribution in [2.75, 3.05) is 19.0 Å². The Balaban J connectivity index is 1.83. The van der Waals surface area contributed by atoms with Crippen molar-refractivity contribution in [1.29, 1.82) is 0 Å². The van der Waals surface area contributed by atoms with Crippen LogP contribution in [-0.4, -0.2) is 30.0 Å². The van der Waals surface area contributed by atoms with Crippen molar-refractivity contribution in [1.82, 2.24) is 15.3 Å². The molecule has 1 aromatic heterocycles. The van der Waals surface area contributed by atoms with Gasteiger partial charge < -0.3 is 10.2 Å². The molecule has 5 nitrogen and oxygen atoms in total. The van der Waals surface area contributed by atoms with E-state index in [0.29, 0.717) is 12.1 Å². The third-order valence-corrected chi connectivity index (χ3v) is 3.94. The molecule has 0 saturated heterocycles. The fourth-order valence-electron chi connectivity index (χ4n) is 2.70. The number of benzene rings is 2. The van der Waals surface area contributed by atoms with E-state index < -0.39 is 0 Å². The molecular weight excluding hydrogens is 300 g/mol. The van der Waals surface area contributed by atoms with Gasteiger partial charge in [0.2, 0.25) is 0 Å². The van der Waals surface area contributed by atoms with Gasteiger partial charge in [-0.25, -0.2) is 9.97 Å². The van der Waals surface area contributed by atoms with Crippen LogP contribution in [0.5, 0.6) is 0 Å². The number of fused-ring (bicyclic) bond motifs is 1. The number of carbonyl (C=O) groups is 1. The van der Waals surface area contributed by atoms with E-state index in [9.17, 15) is 4.79 Å². The summed E-state index contributed by atoms with van der Waals surface area (Å²) in [5.74, 6) is 0.787. The minimum Gasteiger partial charge on any atom is -0.355 e. The van der Waals surface area contributed by atoms with E-state index in [1.54, 1.807) is 7.05 Å². The summed E-state index contributed by atoms with van der Waals surface area (Å²) < 4.78 is 0. The van der Waals surface area contributed by atoms with E-state index in [1.807, 2.05) is 62.5 Å². The van der Waals surface area contributed by atoms with Gasteiger partial charge in [0.25, 0.3) is 5.91 Å². The second-order valence-corrected chi connectivity index (χ2v) is 5.75. The van der Waals surface area contributed by atoms with Gasteiger partial charge in [-0.05, 0) is 36.8 Å². The summed E-state index contributed by atoms with van der Waals surface area (Å²) >= 11 is 0. The molecule has 0 spiro atoms. The normalized spacial score (nSPS) is 10.6. The highest BCUT2D eigenvalue weighted by atomic mass is 16.1. The topological polar surface area (TPSA) is 58.1 Å². The van der Waals surface area contributed by atoms with Gasteiger partial charge in [0.1, 0.15) is 0 Å². The zero-order chi connectivity index (χ0) is 17.1. The van der Waals surface area contributed by atoms with Crippen molar-refractivity contribution < 1.29 is 4.79 Å². The fraction of sp³-hybridized carbons (Fsp3) is 0.211. The van der Waals surface area contributed by atoms with Crippen molar-refractivity contribution in [3.63, 3.8) is 0 Å². The monoisotopic (exact) mass is 320 g/mol. The molecule has 5 heteroatoms. The fourth-order valence-corrected chi connectivity index (χ4v) is 2.70. The molecule has 0 radical (unpaired) electrons. The van der Waals surface area contributed by atoms with Crippen molar-refractivity contribution >= 4 is 22.8 Å². The number of rotatable bonds is 4.